The van der Waals surface area contributed by atoms with Crippen LogP contribution in [0.4, 0.5) is 0 Å². The van der Waals surface area contributed by atoms with Crippen LogP contribution in [0.25, 0.3) is 0 Å². The van der Waals surface area contributed by atoms with Gasteiger partial charge in [0.2, 0.25) is 0 Å². The van der Waals surface area contributed by atoms with Gasteiger partial charge in [0.05, 0.1) is 10.8 Å². The van der Waals surface area contributed by atoms with E-state index in [-0.39, 0.29) is 0 Å². The quantitative estimate of drug-likeness (QED) is 0.268. The average Bonchev–Trinajstić information content (AvgIpc) is 2.61. The van der Waals surface area contributed by atoms with Gasteiger partial charge in [0.1, 0.15) is 0 Å². The lowest BCUT2D eigenvalue weighted by molar-refractivity contribution is -0.177. The van der Waals surface area contributed by atoms with Crippen LogP contribution in [0, 0.1) is 16.7 Å². The zero-order chi connectivity index (χ0) is 20.3. The van der Waals surface area contributed by atoms with Crippen molar-refractivity contribution in [3.8, 4) is 0 Å². The van der Waals surface area contributed by atoms with Gasteiger partial charge in [-0.1, -0.05) is 90.7 Å². The Kier molecular flexibility index (Phi) is 10.1. The van der Waals surface area contributed by atoms with Gasteiger partial charge in [-0.05, 0) is 31.6 Å². The molecule has 0 fully saturated rings. The van der Waals surface area contributed by atoms with E-state index in [2.05, 4.69) is 13.8 Å². The van der Waals surface area contributed by atoms with Crippen LogP contribution in [0.3, 0.4) is 0 Å². The molecule has 156 valence electrons. The number of aliphatic carboxylic acids is 2. The summed E-state index contributed by atoms with van der Waals surface area (Å²) in [6, 6.07) is 0. The molecule has 4 heteroatoms. The highest BCUT2D eigenvalue weighted by atomic mass is 16.4. The fraction of sp³-hybridized carbons (Fsp3) is 0.826. The Labute approximate surface area is 165 Å². The minimum atomic E-state index is -1.17. The normalized spacial score (nSPS) is 25.0. The van der Waals surface area contributed by atoms with Crippen LogP contribution < -0.4 is 0 Å². The van der Waals surface area contributed by atoms with Crippen LogP contribution in [-0.4, -0.2) is 22.2 Å². The topological polar surface area (TPSA) is 74.6 Å². The lowest BCUT2D eigenvalue weighted by atomic mass is 9.54. The van der Waals surface area contributed by atoms with E-state index in [4.69, 9.17) is 0 Å². The van der Waals surface area contributed by atoms with Crippen molar-refractivity contribution in [2.24, 2.45) is 16.7 Å². The van der Waals surface area contributed by atoms with E-state index >= 15 is 0 Å². The van der Waals surface area contributed by atoms with Gasteiger partial charge < -0.3 is 10.2 Å². The van der Waals surface area contributed by atoms with Crippen LogP contribution in [0.5, 0.6) is 0 Å². The Morgan fingerprint density at radius 2 is 1.26 bits per heavy atom. The van der Waals surface area contributed by atoms with Gasteiger partial charge in [-0.2, -0.15) is 0 Å². The average molecular weight is 381 g/mol. The van der Waals surface area contributed by atoms with Gasteiger partial charge in [0, 0.05) is 0 Å². The fourth-order valence-corrected chi connectivity index (χ4v) is 4.73. The first kappa shape index (κ1) is 23.7. The van der Waals surface area contributed by atoms with Crippen LogP contribution in [0.2, 0.25) is 0 Å². The molecule has 0 aromatic carbocycles. The molecule has 0 bridgehead atoms. The number of allylic oxidation sites excluding steroid dienone is 2. The van der Waals surface area contributed by atoms with E-state index in [1.165, 1.54) is 32.1 Å². The number of hydrogen-bond acceptors (Lipinski definition) is 2. The smallest absolute Gasteiger partial charge is 0.311 e. The monoisotopic (exact) mass is 380 g/mol. The number of unbranched alkanes of at least 4 members (excludes halogenated alkanes) is 6. The molecule has 4 nitrogen and oxygen atoms in total. The standard InChI is InChI=1S/C23H40O4/c1-4-15-22(20(24)25)17-12-13-18-23(22,21(26)27)16-11-9-7-5-6-8-10-14-19(2)3/h12-13,19H,4-11,14-18H2,1-3H3,(H,24,25)(H,26,27). The Balaban J connectivity index is 2.58. The van der Waals surface area contributed by atoms with E-state index in [1.807, 2.05) is 19.1 Å². The lowest BCUT2D eigenvalue weighted by Crippen LogP contribution is -2.53. The van der Waals surface area contributed by atoms with Crippen LogP contribution in [0.15, 0.2) is 12.2 Å². The maximum atomic E-state index is 12.3. The second-order valence-corrected chi connectivity index (χ2v) is 8.81. The molecule has 0 aromatic heterocycles. The van der Waals surface area contributed by atoms with Crippen molar-refractivity contribution in [1.82, 2.24) is 0 Å². The van der Waals surface area contributed by atoms with E-state index in [0.717, 1.165) is 25.2 Å². The summed E-state index contributed by atoms with van der Waals surface area (Å²) >= 11 is 0. The third-order valence-electron chi connectivity index (χ3n) is 6.40. The van der Waals surface area contributed by atoms with Crippen LogP contribution in [-0.2, 0) is 9.59 Å². The second kappa shape index (κ2) is 11.5. The molecule has 0 spiro atoms. The van der Waals surface area contributed by atoms with Gasteiger partial charge in [-0.25, -0.2) is 0 Å². The Morgan fingerprint density at radius 3 is 1.70 bits per heavy atom. The third-order valence-corrected chi connectivity index (χ3v) is 6.40. The zero-order valence-corrected chi connectivity index (χ0v) is 17.6. The number of hydrogen-bond donors (Lipinski definition) is 2. The second-order valence-electron chi connectivity index (χ2n) is 8.81. The first-order valence-electron chi connectivity index (χ1n) is 10.9. The predicted molar refractivity (Wildman–Crippen MR) is 110 cm³/mol. The highest BCUT2D eigenvalue weighted by Gasteiger charge is 2.60. The number of carboxylic acid groups (broad SMARTS) is 2. The largest absolute Gasteiger partial charge is 0.481 e. The molecule has 0 saturated heterocycles. The van der Waals surface area contributed by atoms with Gasteiger partial charge in [0.25, 0.3) is 0 Å². The van der Waals surface area contributed by atoms with E-state index in [9.17, 15) is 19.8 Å². The maximum absolute atomic E-state index is 12.3. The molecular weight excluding hydrogens is 340 g/mol. The maximum Gasteiger partial charge on any atom is 0.311 e. The van der Waals surface area contributed by atoms with Crippen molar-refractivity contribution in [2.45, 2.75) is 104 Å². The van der Waals surface area contributed by atoms with Crippen molar-refractivity contribution in [3.63, 3.8) is 0 Å². The van der Waals surface area contributed by atoms with Crippen molar-refractivity contribution in [2.75, 3.05) is 0 Å². The highest BCUT2D eigenvalue weighted by molar-refractivity contribution is 5.87. The molecule has 0 saturated carbocycles. The van der Waals surface area contributed by atoms with Crippen LogP contribution in [0.1, 0.15) is 104 Å². The minimum absolute atomic E-state index is 0.332. The molecule has 1 aliphatic rings. The molecule has 0 radical (unpaired) electrons. The third kappa shape index (κ3) is 6.08. The van der Waals surface area contributed by atoms with Gasteiger partial charge >= 0.3 is 11.9 Å². The molecule has 0 heterocycles. The SMILES string of the molecule is CCCC1(C(=O)O)CC=CCC1(CCCCCCCCCC(C)C)C(=O)O. The zero-order valence-electron chi connectivity index (χ0n) is 17.6. The van der Waals surface area contributed by atoms with Crippen LogP contribution >= 0.6 is 0 Å². The summed E-state index contributed by atoms with van der Waals surface area (Å²) in [5, 5.41) is 20.0. The molecule has 1 aliphatic carbocycles. The molecule has 27 heavy (non-hydrogen) atoms. The number of carboxylic acids is 2. The Morgan fingerprint density at radius 1 is 0.815 bits per heavy atom. The van der Waals surface area contributed by atoms with Crippen molar-refractivity contribution >= 4 is 11.9 Å². The number of rotatable bonds is 14. The summed E-state index contributed by atoms with van der Waals surface area (Å²) in [7, 11) is 0. The molecule has 2 unspecified atom stereocenters. The minimum Gasteiger partial charge on any atom is -0.481 e. The Bertz CT molecular complexity index is 497. The Hall–Kier alpha value is -1.32. The summed E-state index contributed by atoms with van der Waals surface area (Å²) < 4.78 is 0. The highest BCUT2D eigenvalue weighted by Crippen LogP contribution is 2.54. The summed E-state index contributed by atoms with van der Waals surface area (Å²) in [6.45, 7) is 6.46. The van der Waals surface area contributed by atoms with E-state index < -0.39 is 22.8 Å². The van der Waals surface area contributed by atoms with Gasteiger partial charge in [-0.15, -0.1) is 0 Å². The van der Waals surface area contributed by atoms with Crippen molar-refractivity contribution in [3.05, 3.63) is 12.2 Å². The molecule has 0 aliphatic heterocycles. The first-order chi connectivity index (χ1) is 12.8. The number of carbonyl (C=O) groups is 2. The predicted octanol–water partition coefficient (Wildman–Crippen LogP) is 6.45. The molecule has 0 aromatic rings. The molecule has 1 rings (SSSR count). The van der Waals surface area contributed by atoms with Gasteiger partial charge in [0.15, 0.2) is 0 Å². The summed E-state index contributed by atoms with van der Waals surface area (Å²) in [6.07, 6.45) is 15.2. The van der Waals surface area contributed by atoms with Gasteiger partial charge in [-0.3, -0.25) is 9.59 Å². The molecule has 2 N–H and O–H groups in total. The molecule has 0 amide bonds. The lowest BCUT2D eigenvalue weighted by Gasteiger charge is -2.46. The van der Waals surface area contributed by atoms with Crippen molar-refractivity contribution in [1.29, 1.82) is 0 Å². The van der Waals surface area contributed by atoms with Crippen molar-refractivity contribution < 1.29 is 19.8 Å². The summed E-state index contributed by atoms with van der Waals surface area (Å²) in [4.78, 5) is 24.4. The summed E-state index contributed by atoms with van der Waals surface area (Å²) in [5.41, 5.74) is -2.33. The molecule has 2 atom stereocenters. The van der Waals surface area contributed by atoms with E-state index in [1.54, 1.807) is 0 Å². The first-order valence-corrected chi connectivity index (χ1v) is 10.9. The van der Waals surface area contributed by atoms with E-state index in [0.29, 0.717) is 32.1 Å². The summed E-state index contributed by atoms with van der Waals surface area (Å²) in [5.74, 6) is -1.10. The molecular formula is C23H40O4. The fourth-order valence-electron chi connectivity index (χ4n) is 4.73.